The van der Waals surface area contributed by atoms with Crippen LogP contribution in [0.3, 0.4) is 0 Å². The second kappa shape index (κ2) is 7.60. The lowest BCUT2D eigenvalue weighted by Crippen LogP contribution is -2.45. The standard InChI is InChI=1S/C19H18FN7O/c20-15-11-22-18(14-10-23-27-9-2-1-5-16(14)27)25-19(15)24-13-4-3-8-26(12-13)17(28)6-7-21/h1-2,5,9-11,13H,3-4,6,8,12H2,(H,22,24,25). The molecular weight excluding hydrogens is 361 g/mol. The molecule has 0 spiro atoms. The number of pyridine rings is 1. The second-order valence-electron chi connectivity index (χ2n) is 6.64. The van der Waals surface area contributed by atoms with E-state index in [4.69, 9.17) is 5.26 Å². The summed E-state index contributed by atoms with van der Waals surface area (Å²) >= 11 is 0. The maximum absolute atomic E-state index is 14.3. The minimum Gasteiger partial charge on any atom is -0.363 e. The lowest BCUT2D eigenvalue weighted by atomic mass is 10.1. The quantitative estimate of drug-likeness (QED) is 0.746. The molecule has 9 heteroatoms. The smallest absolute Gasteiger partial charge is 0.236 e. The number of nitrogens with zero attached hydrogens (tertiary/aromatic N) is 6. The Morgan fingerprint density at radius 1 is 1.39 bits per heavy atom. The number of likely N-dealkylation sites (tertiary alicyclic amines) is 1. The number of fused-ring (bicyclic) bond motifs is 1. The highest BCUT2D eigenvalue weighted by atomic mass is 19.1. The zero-order valence-corrected chi connectivity index (χ0v) is 15.0. The van der Waals surface area contributed by atoms with Gasteiger partial charge in [-0.2, -0.15) is 10.4 Å². The Bertz CT molecular complexity index is 1060. The van der Waals surface area contributed by atoms with E-state index in [1.807, 2.05) is 30.5 Å². The van der Waals surface area contributed by atoms with E-state index in [0.29, 0.717) is 24.5 Å². The van der Waals surface area contributed by atoms with Crippen LogP contribution in [0.5, 0.6) is 0 Å². The van der Waals surface area contributed by atoms with Crippen LogP contribution in [0.1, 0.15) is 19.3 Å². The maximum Gasteiger partial charge on any atom is 0.236 e. The summed E-state index contributed by atoms with van der Waals surface area (Å²) < 4.78 is 16.0. The van der Waals surface area contributed by atoms with Gasteiger partial charge >= 0.3 is 0 Å². The van der Waals surface area contributed by atoms with Crippen molar-refractivity contribution < 1.29 is 9.18 Å². The van der Waals surface area contributed by atoms with Gasteiger partial charge in [0.25, 0.3) is 0 Å². The monoisotopic (exact) mass is 379 g/mol. The van der Waals surface area contributed by atoms with Gasteiger partial charge < -0.3 is 10.2 Å². The fourth-order valence-electron chi connectivity index (χ4n) is 3.40. The van der Waals surface area contributed by atoms with E-state index < -0.39 is 5.82 Å². The van der Waals surface area contributed by atoms with E-state index in [9.17, 15) is 9.18 Å². The van der Waals surface area contributed by atoms with Crippen molar-refractivity contribution in [2.24, 2.45) is 0 Å². The molecule has 0 radical (unpaired) electrons. The van der Waals surface area contributed by atoms with E-state index >= 15 is 0 Å². The van der Waals surface area contributed by atoms with Crippen molar-refractivity contribution in [1.82, 2.24) is 24.5 Å². The maximum atomic E-state index is 14.3. The minimum atomic E-state index is -0.555. The molecule has 3 aromatic heterocycles. The molecule has 4 heterocycles. The SMILES string of the molecule is N#CCC(=O)N1CCCC(Nc2nc(-c3cnn4ccccc34)ncc2F)C1. The summed E-state index contributed by atoms with van der Waals surface area (Å²) in [7, 11) is 0. The highest BCUT2D eigenvalue weighted by Gasteiger charge is 2.24. The zero-order valence-electron chi connectivity index (χ0n) is 15.0. The molecule has 3 aromatic rings. The van der Waals surface area contributed by atoms with Gasteiger partial charge in [-0.05, 0) is 25.0 Å². The Balaban J connectivity index is 1.56. The van der Waals surface area contributed by atoms with Crippen molar-refractivity contribution in [3.05, 3.63) is 42.6 Å². The summed E-state index contributed by atoms with van der Waals surface area (Å²) in [6.45, 7) is 1.02. The molecule has 0 saturated carbocycles. The number of rotatable bonds is 4. The van der Waals surface area contributed by atoms with Crippen LogP contribution in [0.25, 0.3) is 16.9 Å². The summed E-state index contributed by atoms with van der Waals surface area (Å²) in [6.07, 6.45) is 6.02. The normalized spacial score (nSPS) is 16.7. The van der Waals surface area contributed by atoms with E-state index in [1.165, 1.54) is 0 Å². The van der Waals surface area contributed by atoms with E-state index in [0.717, 1.165) is 24.6 Å². The average Bonchev–Trinajstić information content (AvgIpc) is 3.14. The molecule has 1 atom stereocenters. The van der Waals surface area contributed by atoms with Crippen LogP contribution in [-0.4, -0.2) is 49.5 Å². The van der Waals surface area contributed by atoms with Crippen molar-refractivity contribution in [2.75, 3.05) is 18.4 Å². The van der Waals surface area contributed by atoms with Crippen molar-refractivity contribution in [3.63, 3.8) is 0 Å². The van der Waals surface area contributed by atoms with Crippen molar-refractivity contribution >= 4 is 17.2 Å². The number of anilines is 1. The largest absolute Gasteiger partial charge is 0.363 e. The third kappa shape index (κ3) is 3.49. The Labute approximate surface area is 160 Å². The van der Waals surface area contributed by atoms with E-state index in [2.05, 4.69) is 20.4 Å². The molecule has 1 aliphatic heterocycles. The van der Waals surface area contributed by atoms with Gasteiger partial charge in [-0.3, -0.25) is 4.79 Å². The number of nitriles is 1. The molecule has 1 N–H and O–H groups in total. The van der Waals surface area contributed by atoms with Gasteiger partial charge in [-0.1, -0.05) is 6.07 Å². The summed E-state index contributed by atoms with van der Waals surface area (Å²) in [6, 6.07) is 7.38. The molecule has 0 bridgehead atoms. The molecule has 0 aromatic carbocycles. The second-order valence-corrected chi connectivity index (χ2v) is 6.64. The van der Waals surface area contributed by atoms with Gasteiger partial charge in [0.05, 0.1) is 29.5 Å². The highest BCUT2D eigenvalue weighted by Crippen LogP contribution is 2.24. The summed E-state index contributed by atoms with van der Waals surface area (Å²) in [5.74, 6) is -0.289. The molecule has 28 heavy (non-hydrogen) atoms. The number of hydrogen-bond acceptors (Lipinski definition) is 6. The molecule has 1 amide bonds. The number of hydrogen-bond donors (Lipinski definition) is 1. The number of carbonyl (C=O) groups is 1. The first-order chi connectivity index (χ1) is 13.7. The topological polar surface area (TPSA) is 99.2 Å². The van der Waals surface area contributed by atoms with Crippen LogP contribution in [0.4, 0.5) is 10.2 Å². The van der Waals surface area contributed by atoms with Crippen molar-refractivity contribution in [3.8, 4) is 17.5 Å². The Morgan fingerprint density at radius 3 is 3.14 bits per heavy atom. The summed E-state index contributed by atoms with van der Waals surface area (Å²) in [5.41, 5.74) is 1.53. The summed E-state index contributed by atoms with van der Waals surface area (Å²) in [5, 5.41) is 16.1. The number of carbonyl (C=O) groups excluding carboxylic acids is 1. The van der Waals surface area contributed by atoms with Gasteiger partial charge in [0.15, 0.2) is 17.5 Å². The van der Waals surface area contributed by atoms with E-state index in [-0.39, 0.29) is 24.2 Å². The zero-order chi connectivity index (χ0) is 19.5. The average molecular weight is 379 g/mol. The first-order valence-corrected chi connectivity index (χ1v) is 9.02. The lowest BCUT2D eigenvalue weighted by molar-refractivity contribution is -0.131. The number of piperidine rings is 1. The van der Waals surface area contributed by atoms with Crippen LogP contribution in [0.15, 0.2) is 36.8 Å². The molecular formula is C19H18FN7O. The highest BCUT2D eigenvalue weighted by molar-refractivity contribution is 5.78. The minimum absolute atomic E-state index is 0.0971. The number of amides is 1. The predicted molar refractivity (Wildman–Crippen MR) is 99.6 cm³/mol. The molecule has 0 aliphatic carbocycles. The van der Waals surface area contributed by atoms with Crippen LogP contribution < -0.4 is 5.32 Å². The van der Waals surface area contributed by atoms with Crippen LogP contribution >= 0.6 is 0 Å². The third-order valence-electron chi connectivity index (χ3n) is 4.76. The lowest BCUT2D eigenvalue weighted by Gasteiger charge is -2.33. The molecule has 4 rings (SSSR count). The number of aromatic nitrogens is 4. The van der Waals surface area contributed by atoms with E-state index in [1.54, 1.807) is 15.6 Å². The molecule has 1 fully saturated rings. The first kappa shape index (κ1) is 17.9. The molecule has 1 aliphatic rings. The van der Waals surface area contributed by atoms with Crippen LogP contribution in [0, 0.1) is 17.1 Å². The van der Waals surface area contributed by atoms with Gasteiger partial charge in [-0.25, -0.2) is 18.9 Å². The molecule has 142 valence electrons. The van der Waals surface area contributed by atoms with Crippen LogP contribution in [-0.2, 0) is 4.79 Å². The predicted octanol–water partition coefficient (Wildman–Crippen LogP) is 2.25. The fraction of sp³-hybridized carbons (Fsp3) is 0.316. The van der Waals surface area contributed by atoms with Gasteiger partial charge in [0.2, 0.25) is 5.91 Å². The van der Waals surface area contributed by atoms with Gasteiger partial charge in [0, 0.05) is 25.3 Å². The van der Waals surface area contributed by atoms with Gasteiger partial charge in [-0.15, -0.1) is 0 Å². The fourth-order valence-corrected chi connectivity index (χ4v) is 3.40. The van der Waals surface area contributed by atoms with Crippen molar-refractivity contribution in [1.29, 1.82) is 5.26 Å². The molecule has 1 saturated heterocycles. The van der Waals surface area contributed by atoms with Gasteiger partial charge in [0.1, 0.15) is 6.42 Å². The van der Waals surface area contributed by atoms with Crippen molar-refractivity contribution in [2.45, 2.75) is 25.3 Å². The molecule has 1 unspecified atom stereocenters. The Kier molecular flexibility index (Phi) is 4.85. The molecule has 8 nitrogen and oxygen atoms in total. The number of nitrogens with one attached hydrogen (secondary N) is 1. The number of halogens is 1. The first-order valence-electron chi connectivity index (χ1n) is 9.02. The third-order valence-corrected chi connectivity index (χ3v) is 4.76. The van der Waals surface area contributed by atoms with Crippen LogP contribution in [0.2, 0.25) is 0 Å². The Hall–Kier alpha value is -3.54. The summed E-state index contributed by atoms with van der Waals surface area (Å²) in [4.78, 5) is 22.1. The Morgan fingerprint density at radius 2 is 2.29 bits per heavy atom.